The van der Waals surface area contributed by atoms with Gasteiger partial charge in [-0.1, -0.05) is 59.7 Å². The molecule has 0 unspecified atom stereocenters. The maximum atomic E-state index is 6.46. The Bertz CT molecular complexity index is 445. The Kier molecular flexibility index (Phi) is 3.03. The summed E-state index contributed by atoms with van der Waals surface area (Å²) < 4.78 is 0. The number of nitrogens with two attached hydrogens (primary N) is 1. The van der Waals surface area contributed by atoms with E-state index in [9.17, 15) is 0 Å². The molecule has 0 aliphatic carbocycles. The first-order valence-corrected chi connectivity index (χ1v) is 5.93. The van der Waals surface area contributed by atoms with Gasteiger partial charge in [-0.2, -0.15) is 0 Å². The van der Waals surface area contributed by atoms with Gasteiger partial charge in [0.05, 0.1) is 5.54 Å². The highest BCUT2D eigenvalue weighted by Gasteiger charge is 2.23. The van der Waals surface area contributed by atoms with Gasteiger partial charge in [0.2, 0.25) is 0 Å². The molecule has 0 saturated carbocycles. The molecule has 0 aliphatic heterocycles. The van der Waals surface area contributed by atoms with Crippen molar-refractivity contribution in [1.82, 2.24) is 0 Å². The fourth-order valence-corrected chi connectivity index (χ4v) is 1.97. The van der Waals surface area contributed by atoms with E-state index in [0.717, 1.165) is 11.1 Å². The highest BCUT2D eigenvalue weighted by atomic mass is 14.7. The van der Waals surface area contributed by atoms with Crippen molar-refractivity contribution in [2.75, 3.05) is 0 Å². The van der Waals surface area contributed by atoms with Crippen LogP contribution in [0.25, 0.3) is 0 Å². The number of benzene rings is 2. The van der Waals surface area contributed by atoms with Gasteiger partial charge in [-0.15, -0.1) is 0 Å². The van der Waals surface area contributed by atoms with Gasteiger partial charge in [0.25, 0.3) is 0 Å². The zero-order valence-corrected chi connectivity index (χ0v) is 10.7. The van der Waals surface area contributed by atoms with E-state index < -0.39 is 5.54 Å². The molecule has 0 spiro atoms. The molecule has 88 valence electrons. The summed E-state index contributed by atoms with van der Waals surface area (Å²) in [5.74, 6) is 0. The molecule has 2 rings (SSSR count). The van der Waals surface area contributed by atoms with Gasteiger partial charge in [0, 0.05) is 0 Å². The Labute approximate surface area is 103 Å². The van der Waals surface area contributed by atoms with Crippen molar-refractivity contribution in [1.29, 1.82) is 0 Å². The molecule has 0 atom stereocenters. The Hall–Kier alpha value is -1.60. The minimum absolute atomic E-state index is 0.429. The predicted molar refractivity (Wildman–Crippen MR) is 73.0 cm³/mol. The second-order valence-corrected chi connectivity index (χ2v) is 4.93. The molecule has 17 heavy (non-hydrogen) atoms. The van der Waals surface area contributed by atoms with Crippen molar-refractivity contribution in [2.24, 2.45) is 5.73 Å². The van der Waals surface area contributed by atoms with Crippen molar-refractivity contribution >= 4 is 0 Å². The zero-order valence-electron chi connectivity index (χ0n) is 10.7. The summed E-state index contributed by atoms with van der Waals surface area (Å²) in [5.41, 5.74) is 10.8. The van der Waals surface area contributed by atoms with Gasteiger partial charge >= 0.3 is 0 Å². The van der Waals surface area contributed by atoms with Crippen LogP contribution < -0.4 is 5.73 Å². The maximum absolute atomic E-state index is 6.46. The van der Waals surface area contributed by atoms with Crippen molar-refractivity contribution in [3.05, 3.63) is 70.8 Å². The summed E-state index contributed by atoms with van der Waals surface area (Å²) in [6.07, 6.45) is 0. The van der Waals surface area contributed by atoms with Crippen LogP contribution in [0.4, 0.5) is 0 Å². The van der Waals surface area contributed by atoms with E-state index in [4.69, 9.17) is 5.73 Å². The fraction of sp³-hybridized carbons (Fsp3) is 0.250. The van der Waals surface area contributed by atoms with E-state index in [2.05, 4.69) is 69.3 Å². The topological polar surface area (TPSA) is 26.0 Å². The lowest BCUT2D eigenvalue weighted by atomic mass is 9.85. The SMILES string of the molecule is Cc1ccc(C(C)(N)c2ccc(C)cc2)cc1. The molecule has 0 aromatic heterocycles. The van der Waals surface area contributed by atoms with Crippen molar-refractivity contribution in [3.8, 4) is 0 Å². The molecule has 2 N–H and O–H groups in total. The summed E-state index contributed by atoms with van der Waals surface area (Å²) in [7, 11) is 0. The van der Waals surface area contributed by atoms with Crippen molar-refractivity contribution in [3.63, 3.8) is 0 Å². The average molecular weight is 225 g/mol. The summed E-state index contributed by atoms with van der Waals surface area (Å²) in [4.78, 5) is 0. The van der Waals surface area contributed by atoms with E-state index in [1.165, 1.54) is 11.1 Å². The van der Waals surface area contributed by atoms with Gasteiger partial charge in [0.15, 0.2) is 0 Å². The molecular formula is C16H19N. The lowest BCUT2D eigenvalue weighted by Crippen LogP contribution is -2.34. The number of hydrogen-bond acceptors (Lipinski definition) is 1. The first-order chi connectivity index (χ1) is 8.00. The average Bonchev–Trinajstić information content (AvgIpc) is 2.30. The molecule has 0 fully saturated rings. The number of aryl methyl sites for hydroxylation is 2. The molecule has 2 aromatic rings. The molecular weight excluding hydrogens is 206 g/mol. The van der Waals surface area contributed by atoms with Gasteiger partial charge in [0.1, 0.15) is 0 Å². The Morgan fingerprint density at radius 3 is 1.29 bits per heavy atom. The molecule has 0 heterocycles. The van der Waals surface area contributed by atoms with Crippen LogP contribution in [0.15, 0.2) is 48.5 Å². The van der Waals surface area contributed by atoms with E-state index >= 15 is 0 Å². The lowest BCUT2D eigenvalue weighted by Gasteiger charge is -2.26. The van der Waals surface area contributed by atoms with Gasteiger partial charge < -0.3 is 5.73 Å². The van der Waals surface area contributed by atoms with E-state index in [1.807, 2.05) is 0 Å². The van der Waals surface area contributed by atoms with Crippen LogP contribution >= 0.6 is 0 Å². The quantitative estimate of drug-likeness (QED) is 0.831. The smallest absolute Gasteiger partial charge is 0.0636 e. The van der Waals surface area contributed by atoms with Crippen LogP contribution in [-0.2, 0) is 5.54 Å². The Balaban J connectivity index is 2.41. The van der Waals surface area contributed by atoms with Crippen LogP contribution in [0.2, 0.25) is 0 Å². The summed E-state index contributed by atoms with van der Waals surface area (Å²) in [5, 5.41) is 0. The third-order valence-electron chi connectivity index (χ3n) is 3.30. The van der Waals surface area contributed by atoms with Crippen LogP contribution in [0.1, 0.15) is 29.2 Å². The predicted octanol–water partition coefficient (Wildman–Crippen LogP) is 3.53. The second-order valence-electron chi connectivity index (χ2n) is 4.93. The lowest BCUT2D eigenvalue weighted by molar-refractivity contribution is 0.603. The number of rotatable bonds is 2. The van der Waals surface area contributed by atoms with Crippen LogP contribution in [0, 0.1) is 13.8 Å². The maximum Gasteiger partial charge on any atom is 0.0636 e. The molecule has 1 heteroatoms. The normalized spacial score (nSPS) is 11.5. The Morgan fingerprint density at radius 1 is 0.706 bits per heavy atom. The summed E-state index contributed by atoms with van der Waals surface area (Å²) in [6, 6.07) is 16.8. The molecule has 0 amide bonds. The number of hydrogen-bond donors (Lipinski definition) is 1. The van der Waals surface area contributed by atoms with E-state index in [-0.39, 0.29) is 0 Å². The van der Waals surface area contributed by atoms with Crippen LogP contribution in [-0.4, -0.2) is 0 Å². The Morgan fingerprint density at radius 2 is 1.00 bits per heavy atom. The monoisotopic (exact) mass is 225 g/mol. The second kappa shape index (κ2) is 4.34. The molecule has 2 aromatic carbocycles. The van der Waals surface area contributed by atoms with Gasteiger partial charge in [-0.3, -0.25) is 0 Å². The minimum Gasteiger partial charge on any atom is -0.318 e. The van der Waals surface area contributed by atoms with Crippen LogP contribution in [0.3, 0.4) is 0 Å². The van der Waals surface area contributed by atoms with E-state index in [1.54, 1.807) is 0 Å². The molecule has 0 bridgehead atoms. The zero-order chi connectivity index (χ0) is 12.5. The highest BCUT2D eigenvalue weighted by Crippen LogP contribution is 2.26. The largest absolute Gasteiger partial charge is 0.318 e. The third-order valence-corrected chi connectivity index (χ3v) is 3.30. The van der Waals surface area contributed by atoms with E-state index in [0.29, 0.717) is 0 Å². The molecule has 0 aliphatic rings. The van der Waals surface area contributed by atoms with Crippen molar-refractivity contribution in [2.45, 2.75) is 26.3 Å². The fourth-order valence-electron chi connectivity index (χ4n) is 1.97. The van der Waals surface area contributed by atoms with Gasteiger partial charge in [-0.25, -0.2) is 0 Å². The third kappa shape index (κ3) is 2.40. The molecule has 0 radical (unpaired) electrons. The molecule has 1 nitrogen and oxygen atoms in total. The van der Waals surface area contributed by atoms with Crippen molar-refractivity contribution < 1.29 is 0 Å². The highest BCUT2D eigenvalue weighted by molar-refractivity contribution is 5.38. The standard InChI is InChI=1S/C16H19N/c1-12-4-8-14(9-5-12)16(3,17)15-10-6-13(2)7-11-15/h4-11H,17H2,1-3H3. The summed E-state index contributed by atoms with van der Waals surface area (Å²) in [6.45, 7) is 6.23. The van der Waals surface area contributed by atoms with Gasteiger partial charge in [-0.05, 0) is 31.9 Å². The molecule has 0 saturated heterocycles. The minimum atomic E-state index is -0.429. The summed E-state index contributed by atoms with van der Waals surface area (Å²) >= 11 is 0. The first-order valence-electron chi connectivity index (χ1n) is 5.93. The van der Waals surface area contributed by atoms with Crippen LogP contribution in [0.5, 0.6) is 0 Å². The first kappa shape index (κ1) is 11.9.